The zero-order chi connectivity index (χ0) is 19.9. The zero-order valence-electron chi connectivity index (χ0n) is 15.5. The molecule has 1 heterocycles. The van der Waals surface area contributed by atoms with Gasteiger partial charge in [0.1, 0.15) is 0 Å². The van der Waals surface area contributed by atoms with Gasteiger partial charge in [0.05, 0.1) is 12.0 Å². The number of rotatable bonds is 5. The van der Waals surface area contributed by atoms with E-state index in [9.17, 15) is 19.2 Å². The second-order valence-electron chi connectivity index (χ2n) is 6.30. The van der Waals surface area contributed by atoms with Gasteiger partial charge in [0.25, 0.3) is 5.91 Å². The molecule has 1 saturated heterocycles. The number of likely N-dealkylation sites (tertiary alicyclic amines) is 1. The van der Waals surface area contributed by atoms with E-state index < -0.39 is 30.0 Å². The highest BCUT2D eigenvalue weighted by molar-refractivity contribution is 5.94. The number of carbonyl (C=O) groups excluding carboxylic acids is 4. The Balaban J connectivity index is 2.08. The summed E-state index contributed by atoms with van der Waals surface area (Å²) in [5.74, 6) is -1.35. The lowest BCUT2D eigenvalue weighted by molar-refractivity contribution is -0.157. The highest BCUT2D eigenvalue weighted by Gasteiger charge is 2.44. The van der Waals surface area contributed by atoms with Crippen LogP contribution in [0.25, 0.3) is 0 Å². The third-order valence-electron chi connectivity index (χ3n) is 4.63. The van der Waals surface area contributed by atoms with Crippen LogP contribution in [0.4, 0.5) is 4.79 Å². The molecule has 0 atom stereocenters. The lowest BCUT2D eigenvalue weighted by atomic mass is 9.72. The molecule has 8 nitrogen and oxygen atoms in total. The number of esters is 1. The van der Waals surface area contributed by atoms with Crippen LogP contribution in [0.15, 0.2) is 30.3 Å². The van der Waals surface area contributed by atoms with Crippen molar-refractivity contribution < 1.29 is 28.7 Å². The molecule has 1 N–H and O–H groups in total. The van der Waals surface area contributed by atoms with Crippen LogP contribution in [0.5, 0.6) is 0 Å². The summed E-state index contributed by atoms with van der Waals surface area (Å²) in [6, 6.07) is 9.18. The second-order valence-corrected chi connectivity index (χ2v) is 6.30. The van der Waals surface area contributed by atoms with Crippen molar-refractivity contribution in [3.63, 3.8) is 0 Å². The molecule has 1 aromatic rings. The van der Waals surface area contributed by atoms with Gasteiger partial charge in [0.2, 0.25) is 5.91 Å². The van der Waals surface area contributed by atoms with Crippen LogP contribution < -0.4 is 5.32 Å². The quantitative estimate of drug-likeness (QED) is 0.779. The highest BCUT2D eigenvalue weighted by atomic mass is 16.6. The van der Waals surface area contributed by atoms with Crippen molar-refractivity contribution >= 4 is 23.9 Å². The molecule has 1 aliphatic rings. The monoisotopic (exact) mass is 376 g/mol. The normalized spacial score (nSPS) is 15.6. The number of amides is 3. The number of ether oxygens (including phenoxy) is 2. The third-order valence-corrected chi connectivity index (χ3v) is 4.63. The lowest BCUT2D eigenvalue weighted by Gasteiger charge is -2.40. The van der Waals surface area contributed by atoms with Gasteiger partial charge >= 0.3 is 12.1 Å². The first-order chi connectivity index (χ1) is 12.9. The van der Waals surface area contributed by atoms with Crippen molar-refractivity contribution in [2.45, 2.75) is 32.1 Å². The molecular weight excluding hydrogens is 352 g/mol. The van der Waals surface area contributed by atoms with Crippen LogP contribution in [0.3, 0.4) is 0 Å². The first kappa shape index (κ1) is 20.4. The number of benzene rings is 1. The van der Waals surface area contributed by atoms with Crippen LogP contribution in [-0.4, -0.2) is 55.1 Å². The van der Waals surface area contributed by atoms with E-state index in [1.165, 1.54) is 6.92 Å². The first-order valence-corrected chi connectivity index (χ1v) is 8.84. The Kier molecular flexibility index (Phi) is 6.92. The highest BCUT2D eigenvalue weighted by Crippen LogP contribution is 2.37. The fraction of sp³-hybridized carbons (Fsp3) is 0.474. The van der Waals surface area contributed by atoms with E-state index in [1.54, 1.807) is 11.8 Å². The number of alkyl carbamates (subject to hydrolysis) is 1. The summed E-state index contributed by atoms with van der Waals surface area (Å²) in [4.78, 5) is 49.2. The maximum Gasteiger partial charge on any atom is 0.413 e. The number of nitrogens with one attached hydrogen (secondary N) is 1. The third kappa shape index (κ3) is 5.06. The van der Waals surface area contributed by atoms with Gasteiger partial charge < -0.3 is 14.4 Å². The molecule has 0 spiro atoms. The predicted octanol–water partition coefficient (Wildman–Crippen LogP) is 1.38. The Hall–Kier alpha value is -2.90. The SMILES string of the molecule is CCOC(=O)NC(=O)COC(=O)C1(c2ccccc2)CCN(C(C)=O)CC1. The summed E-state index contributed by atoms with van der Waals surface area (Å²) in [7, 11) is 0. The van der Waals surface area contributed by atoms with Crippen molar-refractivity contribution in [3.8, 4) is 0 Å². The van der Waals surface area contributed by atoms with Crippen molar-refractivity contribution in [2.24, 2.45) is 0 Å². The summed E-state index contributed by atoms with van der Waals surface area (Å²) >= 11 is 0. The van der Waals surface area contributed by atoms with Crippen LogP contribution in [0, 0.1) is 0 Å². The summed E-state index contributed by atoms with van der Waals surface area (Å²) in [5.41, 5.74) is -0.152. The van der Waals surface area contributed by atoms with Gasteiger partial charge in [-0.25, -0.2) is 4.79 Å². The molecule has 27 heavy (non-hydrogen) atoms. The average Bonchev–Trinajstić information content (AvgIpc) is 2.67. The minimum absolute atomic E-state index is 0.0427. The van der Waals surface area contributed by atoms with E-state index in [1.807, 2.05) is 35.6 Å². The number of nitrogens with zero attached hydrogens (tertiary/aromatic N) is 1. The molecule has 0 radical (unpaired) electrons. The summed E-state index contributed by atoms with van der Waals surface area (Å²) in [5, 5.41) is 1.98. The van der Waals surface area contributed by atoms with E-state index >= 15 is 0 Å². The molecule has 0 aliphatic carbocycles. The van der Waals surface area contributed by atoms with Gasteiger partial charge in [-0.3, -0.25) is 19.7 Å². The van der Waals surface area contributed by atoms with E-state index in [0.29, 0.717) is 25.9 Å². The van der Waals surface area contributed by atoms with Crippen molar-refractivity contribution in [2.75, 3.05) is 26.3 Å². The van der Waals surface area contributed by atoms with Crippen LogP contribution in [-0.2, 0) is 29.3 Å². The maximum absolute atomic E-state index is 12.9. The molecule has 0 aromatic heterocycles. The van der Waals surface area contributed by atoms with Gasteiger partial charge in [-0.2, -0.15) is 0 Å². The molecule has 0 unspecified atom stereocenters. The summed E-state index contributed by atoms with van der Waals surface area (Å²) in [6.07, 6.45) is -0.0878. The largest absolute Gasteiger partial charge is 0.455 e. The molecule has 2 rings (SSSR count). The van der Waals surface area contributed by atoms with Crippen LogP contribution in [0.2, 0.25) is 0 Å². The fourth-order valence-electron chi connectivity index (χ4n) is 3.16. The molecule has 3 amide bonds. The fourth-order valence-corrected chi connectivity index (χ4v) is 3.16. The minimum atomic E-state index is -0.933. The Bertz CT molecular complexity index is 695. The van der Waals surface area contributed by atoms with Gasteiger partial charge in [-0.1, -0.05) is 30.3 Å². The average molecular weight is 376 g/mol. The van der Waals surface area contributed by atoms with Crippen molar-refractivity contribution in [1.29, 1.82) is 0 Å². The predicted molar refractivity (Wildman–Crippen MR) is 95.7 cm³/mol. The number of hydrogen-bond acceptors (Lipinski definition) is 6. The van der Waals surface area contributed by atoms with Crippen molar-refractivity contribution in [3.05, 3.63) is 35.9 Å². The number of hydrogen-bond donors (Lipinski definition) is 1. The number of carbonyl (C=O) groups is 4. The second kappa shape index (κ2) is 9.16. The Morgan fingerprint density at radius 3 is 2.26 bits per heavy atom. The Morgan fingerprint density at radius 1 is 1.07 bits per heavy atom. The van der Waals surface area contributed by atoms with Crippen LogP contribution >= 0.6 is 0 Å². The first-order valence-electron chi connectivity index (χ1n) is 8.84. The molecule has 1 fully saturated rings. The van der Waals surface area contributed by atoms with Gasteiger partial charge in [-0.05, 0) is 25.3 Å². The van der Waals surface area contributed by atoms with E-state index in [0.717, 1.165) is 5.56 Å². The molecule has 8 heteroatoms. The van der Waals surface area contributed by atoms with Gasteiger partial charge in [0, 0.05) is 20.0 Å². The molecular formula is C19H24N2O6. The topological polar surface area (TPSA) is 102 Å². The van der Waals surface area contributed by atoms with Crippen LogP contribution in [0.1, 0.15) is 32.3 Å². The lowest BCUT2D eigenvalue weighted by Crippen LogP contribution is -2.49. The van der Waals surface area contributed by atoms with E-state index in [2.05, 4.69) is 4.74 Å². The molecule has 0 bridgehead atoms. The van der Waals surface area contributed by atoms with E-state index in [-0.39, 0.29) is 12.5 Å². The molecule has 1 aromatic carbocycles. The standard InChI is InChI=1S/C19H24N2O6/c1-3-26-18(25)20-16(23)13-27-17(24)19(15-7-5-4-6-8-15)9-11-21(12-10-19)14(2)22/h4-8H,3,9-13H2,1-2H3,(H,20,23,25). The Labute approximate surface area is 157 Å². The Morgan fingerprint density at radius 2 is 1.70 bits per heavy atom. The minimum Gasteiger partial charge on any atom is -0.455 e. The summed E-state index contributed by atoms with van der Waals surface area (Å²) < 4.78 is 9.82. The number of piperidine rings is 1. The molecule has 1 aliphatic heterocycles. The van der Waals surface area contributed by atoms with Crippen molar-refractivity contribution in [1.82, 2.24) is 10.2 Å². The summed E-state index contributed by atoms with van der Waals surface area (Å²) in [6.45, 7) is 3.50. The smallest absolute Gasteiger partial charge is 0.413 e. The maximum atomic E-state index is 12.9. The van der Waals surface area contributed by atoms with E-state index in [4.69, 9.17) is 4.74 Å². The number of imide groups is 1. The molecule has 146 valence electrons. The van der Waals surface area contributed by atoms with Gasteiger partial charge in [-0.15, -0.1) is 0 Å². The van der Waals surface area contributed by atoms with Gasteiger partial charge in [0.15, 0.2) is 6.61 Å². The molecule has 0 saturated carbocycles. The zero-order valence-corrected chi connectivity index (χ0v) is 15.5.